The topological polar surface area (TPSA) is 65.5 Å². The Balaban J connectivity index is 0.00000400. The van der Waals surface area contributed by atoms with E-state index in [-0.39, 0.29) is 29.9 Å². The van der Waals surface area contributed by atoms with Crippen LogP contribution in [0.2, 0.25) is 0 Å². The third-order valence-corrected chi connectivity index (χ3v) is 2.61. The van der Waals surface area contributed by atoms with Crippen LogP contribution >= 0.6 is 24.0 Å². The van der Waals surface area contributed by atoms with Crippen LogP contribution in [-0.2, 0) is 11.3 Å². The quantitative estimate of drug-likeness (QED) is 0.281. The summed E-state index contributed by atoms with van der Waals surface area (Å²) in [7, 11) is 1.69. The third-order valence-electron chi connectivity index (χ3n) is 2.61. The molecule has 116 valence electrons. The van der Waals surface area contributed by atoms with Crippen LogP contribution in [0.3, 0.4) is 0 Å². The molecule has 3 N–H and O–H groups in total. The second-order valence-electron chi connectivity index (χ2n) is 4.18. The fraction of sp³-hybridized carbons (Fsp3) is 0.333. The first-order chi connectivity index (χ1) is 9.76. The Bertz CT molecular complexity index is 448. The fourth-order valence-electron chi connectivity index (χ4n) is 1.57. The van der Waals surface area contributed by atoms with Gasteiger partial charge in [-0.1, -0.05) is 36.4 Å². The van der Waals surface area contributed by atoms with Crippen LogP contribution in [0.15, 0.2) is 48.0 Å². The standard InChI is InChI=1S/C15H22N4O.HI/c1-3-10-17-15(16-2)18-11-9-14(20)19-12-13-7-5-4-6-8-13;/h3-8H,1,9-12H2,2H3,(H,19,20)(H2,16,17,18);1H. The molecule has 0 atom stereocenters. The van der Waals surface area contributed by atoms with Crippen LogP contribution in [0, 0.1) is 0 Å². The highest BCUT2D eigenvalue weighted by Crippen LogP contribution is 1.97. The normalized spacial score (nSPS) is 10.2. The van der Waals surface area contributed by atoms with Gasteiger partial charge in [0.1, 0.15) is 0 Å². The van der Waals surface area contributed by atoms with E-state index in [0.29, 0.717) is 32.0 Å². The van der Waals surface area contributed by atoms with Crippen molar-refractivity contribution in [1.82, 2.24) is 16.0 Å². The lowest BCUT2D eigenvalue weighted by Gasteiger charge is -2.10. The largest absolute Gasteiger partial charge is 0.356 e. The predicted molar refractivity (Wildman–Crippen MR) is 97.9 cm³/mol. The minimum Gasteiger partial charge on any atom is -0.356 e. The average molecular weight is 402 g/mol. The summed E-state index contributed by atoms with van der Waals surface area (Å²) in [5.74, 6) is 0.682. The number of hydrogen-bond acceptors (Lipinski definition) is 2. The van der Waals surface area contributed by atoms with Gasteiger partial charge in [-0.2, -0.15) is 0 Å². The zero-order chi connectivity index (χ0) is 14.6. The summed E-state index contributed by atoms with van der Waals surface area (Å²) in [6.45, 7) is 5.36. The molecular formula is C15H23IN4O. The van der Waals surface area contributed by atoms with Gasteiger partial charge in [0.15, 0.2) is 5.96 Å². The van der Waals surface area contributed by atoms with Crippen LogP contribution in [0.25, 0.3) is 0 Å². The predicted octanol–water partition coefficient (Wildman–Crippen LogP) is 1.66. The molecule has 0 bridgehead atoms. The lowest BCUT2D eigenvalue weighted by Crippen LogP contribution is -2.39. The van der Waals surface area contributed by atoms with Gasteiger partial charge in [-0.05, 0) is 5.56 Å². The first kappa shape index (κ1) is 19.4. The maximum absolute atomic E-state index is 11.7. The first-order valence-electron chi connectivity index (χ1n) is 6.62. The summed E-state index contributed by atoms with van der Waals surface area (Å²) in [6.07, 6.45) is 2.15. The highest BCUT2D eigenvalue weighted by molar-refractivity contribution is 14.0. The van der Waals surface area contributed by atoms with Gasteiger partial charge in [0, 0.05) is 33.1 Å². The minimum absolute atomic E-state index is 0. The summed E-state index contributed by atoms with van der Waals surface area (Å²) in [5.41, 5.74) is 1.09. The number of carbonyl (C=O) groups is 1. The van der Waals surface area contributed by atoms with Crippen LogP contribution in [-0.4, -0.2) is 32.0 Å². The van der Waals surface area contributed by atoms with E-state index in [1.807, 2.05) is 30.3 Å². The molecule has 1 aromatic carbocycles. The van der Waals surface area contributed by atoms with Gasteiger partial charge in [-0.25, -0.2) is 0 Å². The van der Waals surface area contributed by atoms with Crippen molar-refractivity contribution in [2.75, 3.05) is 20.1 Å². The summed E-state index contributed by atoms with van der Waals surface area (Å²) in [4.78, 5) is 15.7. The lowest BCUT2D eigenvalue weighted by atomic mass is 10.2. The van der Waals surface area contributed by atoms with Gasteiger partial charge in [0.2, 0.25) is 5.91 Å². The van der Waals surface area contributed by atoms with Crippen LogP contribution in [0.4, 0.5) is 0 Å². The first-order valence-corrected chi connectivity index (χ1v) is 6.62. The maximum Gasteiger partial charge on any atom is 0.222 e. The fourth-order valence-corrected chi connectivity index (χ4v) is 1.57. The molecule has 0 spiro atoms. The lowest BCUT2D eigenvalue weighted by molar-refractivity contribution is -0.121. The Morgan fingerprint density at radius 1 is 1.24 bits per heavy atom. The Labute approximate surface area is 143 Å². The highest BCUT2D eigenvalue weighted by atomic mass is 127. The number of nitrogens with one attached hydrogen (secondary N) is 3. The molecule has 6 heteroatoms. The molecule has 0 aliphatic carbocycles. The number of guanidine groups is 1. The van der Waals surface area contributed by atoms with Crippen LogP contribution < -0.4 is 16.0 Å². The van der Waals surface area contributed by atoms with Crippen molar-refractivity contribution in [3.63, 3.8) is 0 Å². The number of amides is 1. The molecule has 0 saturated carbocycles. The van der Waals surface area contributed by atoms with E-state index in [0.717, 1.165) is 5.56 Å². The minimum atomic E-state index is 0. The van der Waals surface area contributed by atoms with E-state index in [9.17, 15) is 4.79 Å². The molecule has 0 aliphatic heterocycles. The molecule has 0 fully saturated rings. The molecule has 0 aromatic heterocycles. The molecule has 0 aliphatic rings. The van der Waals surface area contributed by atoms with Gasteiger partial charge in [-0.15, -0.1) is 30.6 Å². The Kier molecular flexibility index (Phi) is 11.3. The number of nitrogens with zero attached hydrogens (tertiary/aromatic N) is 1. The van der Waals surface area contributed by atoms with Gasteiger partial charge >= 0.3 is 0 Å². The second kappa shape index (κ2) is 12.2. The van der Waals surface area contributed by atoms with Gasteiger partial charge in [0.25, 0.3) is 0 Å². The van der Waals surface area contributed by atoms with Crippen LogP contribution in [0.5, 0.6) is 0 Å². The molecule has 1 aromatic rings. The second-order valence-corrected chi connectivity index (χ2v) is 4.18. The van der Waals surface area contributed by atoms with E-state index in [1.165, 1.54) is 0 Å². The van der Waals surface area contributed by atoms with Crippen molar-refractivity contribution in [3.8, 4) is 0 Å². The van der Waals surface area contributed by atoms with Crippen molar-refractivity contribution in [2.45, 2.75) is 13.0 Å². The monoisotopic (exact) mass is 402 g/mol. The molecular weight excluding hydrogens is 379 g/mol. The van der Waals surface area contributed by atoms with E-state index >= 15 is 0 Å². The van der Waals surface area contributed by atoms with Crippen molar-refractivity contribution < 1.29 is 4.79 Å². The SMILES string of the molecule is C=CCNC(=NC)NCCC(=O)NCc1ccccc1.I. The Morgan fingerprint density at radius 3 is 2.57 bits per heavy atom. The zero-order valence-corrected chi connectivity index (χ0v) is 14.6. The van der Waals surface area contributed by atoms with E-state index in [1.54, 1.807) is 13.1 Å². The highest BCUT2D eigenvalue weighted by Gasteiger charge is 2.02. The summed E-state index contributed by atoms with van der Waals surface area (Å²) >= 11 is 0. The van der Waals surface area contributed by atoms with Crippen LogP contribution in [0.1, 0.15) is 12.0 Å². The zero-order valence-electron chi connectivity index (χ0n) is 12.3. The smallest absolute Gasteiger partial charge is 0.222 e. The number of rotatable bonds is 7. The Morgan fingerprint density at radius 2 is 1.95 bits per heavy atom. The summed E-state index contributed by atoms with van der Waals surface area (Å²) in [5, 5.41) is 8.98. The summed E-state index contributed by atoms with van der Waals surface area (Å²) in [6, 6.07) is 9.84. The molecule has 0 radical (unpaired) electrons. The van der Waals surface area contributed by atoms with E-state index in [4.69, 9.17) is 0 Å². The Hall–Kier alpha value is -1.57. The van der Waals surface area contributed by atoms with Crippen molar-refractivity contribution in [1.29, 1.82) is 0 Å². The van der Waals surface area contributed by atoms with Crippen molar-refractivity contribution >= 4 is 35.8 Å². The van der Waals surface area contributed by atoms with Gasteiger partial charge in [0.05, 0.1) is 0 Å². The average Bonchev–Trinajstić information content (AvgIpc) is 2.49. The summed E-state index contributed by atoms with van der Waals surface area (Å²) < 4.78 is 0. The number of hydrogen-bond donors (Lipinski definition) is 3. The van der Waals surface area contributed by atoms with Gasteiger partial charge in [-0.3, -0.25) is 9.79 Å². The number of aliphatic imine (C=N–C) groups is 1. The molecule has 5 nitrogen and oxygen atoms in total. The molecule has 21 heavy (non-hydrogen) atoms. The number of benzene rings is 1. The molecule has 1 rings (SSSR count). The van der Waals surface area contributed by atoms with E-state index in [2.05, 4.69) is 27.5 Å². The van der Waals surface area contributed by atoms with Crippen molar-refractivity contribution in [2.24, 2.45) is 4.99 Å². The molecule has 0 unspecified atom stereocenters. The molecule has 0 saturated heterocycles. The third kappa shape index (κ3) is 9.06. The van der Waals surface area contributed by atoms with Crippen molar-refractivity contribution in [3.05, 3.63) is 48.6 Å². The number of halogens is 1. The maximum atomic E-state index is 11.7. The van der Waals surface area contributed by atoms with E-state index < -0.39 is 0 Å². The van der Waals surface area contributed by atoms with Gasteiger partial charge < -0.3 is 16.0 Å². The molecule has 1 amide bonds. The molecule has 0 heterocycles. The number of carbonyl (C=O) groups excluding carboxylic acids is 1.